The van der Waals surface area contributed by atoms with E-state index < -0.39 is 0 Å². The van der Waals surface area contributed by atoms with Crippen molar-refractivity contribution in [3.05, 3.63) is 28.3 Å². The summed E-state index contributed by atoms with van der Waals surface area (Å²) in [6, 6.07) is 3.96. The van der Waals surface area contributed by atoms with E-state index in [4.69, 9.17) is 5.26 Å². The number of fused-ring (bicyclic) bond motifs is 1. The minimum absolute atomic E-state index is 0.114. The minimum atomic E-state index is -0.114. The highest BCUT2D eigenvalue weighted by Gasteiger charge is 2.23. The number of nitrogens with zero attached hydrogens (tertiary/aromatic N) is 3. The van der Waals surface area contributed by atoms with Crippen LogP contribution in [0.1, 0.15) is 58.1 Å². The van der Waals surface area contributed by atoms with Crippen LogP contribution in [-0.4, -0.2) is 14.5 Å². The predicted octanol–water partition coefficient (Wildman–Crippen LogP) is 3.37. The molecule has 0 aliphatic heterocycles. The molecule has 2 heterocycles. The molecule has 0 atom stereocenters. The zero-order chi connectivity index (χ0) is 15.4. The Hall–Kier alpha value is -2.09. The van der Waals surface area contributed by atoms with E-state index in [0.29, 0.717) is 16.7 Å². The maximum Gasteiger partial charge on any atom is 0.327 e. The Morgan fingerprint density at radius 3 is 2.62 bits per heavy atom. The molecule has 0 spiro atoms. The molecule has 0 saturated heterocycles. The van der Waals surface area contributed by atoms with Crippen LogP contribution in [0.3, 0.4) is 0 Å². The van der Waals surface area contributed by atoms with E-state index in [-0.39, 0.29) is 11.7 Å². The van der Waals surface area contributed by atoms with Crippen molar-refractivity contribution in [2.75, 3.05) is 0 Å². The smallest absolute Gasteiger partial charge is 0.304 e. The van der Waals surface area contributed by atoms with Crippen molar-refractivity contribution in [3.63, 3.8) is 0 Å². The lowest BCUT2D eigenvalue weighted by Gasteiger charge is -2.26. The van der Waals surface area contributed by atoms with Gasteiger partial charge in [-0.25, -0.2) is 9.78 Å². The fraction of sp³-hybridized carbons (Fsp3) is 0.562. The van der Waals surface area contributed by atoms with Crippen LogP contribution < -0.4 is 5.69 Å². The van der Waals surface area contributed by atoms with Crippen molar-refractivity contribution in [2.24, 2.45) is 5.92 Å². The molecular weight excluding hydrogens is 264 g/mol. The van der Waals surface area contributed by atoms with E-state index in [1.807, 2.05) is 19.9 Å². The molecule has 1 N–H and O–H groups in total. The van der Waals surface area contributed by atoms with E-state index in [0.717, 1.165) is 31.6 Å². The molecule has 1 aliphatic rings. The van der Waals surface area contributed by atoms with Gasteiger partial charge in [0.25, 0.3) is 0 Å². The Morgan fingerprint density at radius 1 is 1.33 bits per heavy atom. The van der Waals surface area contributed by atoms with Gasteiger partial charge in [0.2, 0.25) is 0 Å². The third-order valence-corrected chi connectivity index (χ3v) is 4.03. The average Bonchev–Trinajstić information content (AvgIpc) is 2.85. The van der Waals surface area contributed by atoms with Crippen molar-refractivity contribution in [1.82, 2.24) is 14.5 Å². The highest BCUT2D eigenvalue weighted by atomic mass is 16.1. The highest BCUT2D eigenvalue weighted by Crippen LogP contribution is 2.32. The summed E-state index contributed by atoms with van der Waals surface area (Å²) in [6.07, 6.45) is 5.88. The number of rotatable bonds is 1. The zero-order valence-electron chi connectivity index (χ0n) is 12.9. The molecule has 5 heteroatoms. The van der Waals surface area contributed by atoms with Gasteiger partial charge in [0.15, 0.2) is 5.65 Å². The van der Waals surface area contributed by atoms with Gasteiger partial charge in [-0.1, -0.05) is 20.8 Å². The topological polar surface area (TPSA) is 74.5 Å². The van der Waals surface area contributed by atoms with E-state index in [1.165, 1.54) is 6.20 Å². The molecule has 0 amide bonds. The van der Waals surface area contributed by atoms with Crippen LogP contribution in [-0.2, 0) is 0 Å². The molecule has 1 aliphatic carbocycles. The third kappa shape index (κ3) is 2.99. The Kier molecular flexibility index (Phi) is 4.79. The van der Waals surface area contributed by atoms with Crippen LogP contribution >= 0.6 is 0 Å². The molecular formula is C16H22N4O. The van der Waals surface area contributed by atoms with Crippen LogP contribution in [0.4, 0.5) is 0 Å². The lowest BCUT2D eigenvalue weighted by molar-refractivity contribution is 0.289. The number of aromatic nitrogens is 3. The molecule has 0 bridgehead atoms. The first kappa shape index (κ1) is 15.3. The number of nitriles is 1. The number of hydrogen-bond donors (Lipinski definition) is 1. The normalized spacial score (nSPS) is 21.4. The minimum Gasteiger partial charge on any atom is -0.304 e. The first-order valence-corrected chi connectivity index (χ1v) is 7.69. The fourth-order valence-corrected chi connectivity index (χ4v) is 2.91. The molecule has 2 aromatic rings. The number of pyridine rings is 1. The summed E-state index contributed by atoms with van der Waals surface area (Å²) in [5.41, 5.74) is 1.68. The molecule has 21 heavy (non-hydrogen) atoms. The van der Waals surface area contributed by atoms with E-state index in [9.17, 15) is 4.79 Å². The predicted molar refractivity (Wildman–Crippen MR) is 83.1 cm³/mol. The summed E-state index contributed by atoms with van der Waals surface area (Å²) in [7, 11) is 0. The molecule has 112 valence electrons. The second-order valence-electron chi connectivity index (χ2n) is 5.42. The summed E-state index contributed by atoms with van der Waals surface area (Å²) >= 11 is 0. The van der Waals surface area contributed by atoms with Gasteiger partial charge in [-0.3, -0.25) is 4.57 Å². The number of aromatic amines is 1. The maximum atomic E-state index is 12.1. The van der Waals surface area contributed by atoms with Gasteiger partial charge >= 0.3 is 5.69 Å². The zero-order valence-corrected chi connectivity index (χ0v) is 12.9. The highest BCUT2D eigenvalue weighted by molar-refractivity contribution is 5.72. The van der Waals surface area contributed by atoms with Crippen LogP contribution in [0, 0.1) is 17.2 Å². The molecule has 2 aromatic heterocycles. The summed E-state index contributed by atoms with van der Waals surface area (Å²) in [5, 5.41) is 8.86. The summed E-state index contributed by atoms with van der Waals surface area (Å²) < 4.78 is 1.77. The van der Waals surface area contributed by atoms with Crippen molar-refractivity contribution >= 4 is 11.2 Å². The Balaban J connectivity index is 0.000000774. The van der Waals surface area contributed by atoms with Gasteiger partial charge < -0.3 is 4.98 Å². The largest absolute Gasteiger partial charge is 0.327 e. The van der Waals surface area contributed by atoms with E-state index in [1.54, 1.807) is 10.6 Å². The van der Waals surface area contributed by atoms with Crippen molar-refractivity contribution in [1.29, 1.82) is 5.26 Å². The van der Waals surface area contributed by atoms with Crippen molar-refractivity contribution in [2.45, 2.75) is 52.5 Å². The number of H-pyrrole nitrogens is 1. The van der Waals surface area contributed by atoms with Crippen LogP contribution in [0.25, 0.3) is 11.2 Å². The molecule has 1 fully saturated rings. The quantitative estimate of drug-likeness (QED) is 0.873. The average molecular weight is 286 g/mol. The number of imidazole rings is 1. The second-order valence-corrected chi connectivity index (χ2v) is 5.42. The van der Waals surface area contributed by atoms with Gasteiger partial charge in [0, 0.05) is 12.2 Å². The lowest BCUT2D eigenvalue weighted by atomic mass is 9.87. The molecule has 0 radical (unpaired) electrons. The van der Waals surface area contributed by atoms with Gasteiger partial charge in [0.05, 0.1) is 11.1 Å². The summed E-state index contributed by atoms with van der Waals surface area (Å²) in [6.45, 7) is 6.26. The summed E-state index contributed by atoms with van der Waals surface area (Å²) in [4.78, 5) is 19.2. The molecule has 0 aromatic carbocycles. The SMILES string of the molecule is CC.CC1CCC(n2c(=O)[nH]c3cc(C#N)cnc32)CC1. The lowest BCUT2D eigenvalue weighted by Crippen LogP contribution is -2.25. The number of hydrogen-bond acceptors (Lipinski definition) is 3. The maximum absolute atomic E-state index is 12.1. The van der Waals surface area contributed by atoms with Crippen molar-refractivity contribution < 1.29 is 0 Å². The monoisotopic (exact) mass is 286 g/mol. The third-order valence-electron chi connectivity index (χ3n) is 4.03. The molecule has 5 nitrogen and oxygen atoms in total. The van der Waals surface area contributed by atoms with Crippen LogP contribution in [0.2, 0.25) is 0 Å². The van der Waals surface area contributed by atoms with Gasteiger partial charge in [-0.15, -0.1) is 0 Å². The van der Waals surface area contributed by atoms with E-state index >= 15 is 0 Å². The summed E-state index contributed by atoms with van der Waals surface area (Å²) in [5.74, 6) is 0.746. The van der Waals surface area contributed by atoms with Crippen LogP contribution in [0.15, 0.2) is 17.1 Å². The first-order valence-electron chi connectivity index (χ1n) is 7.69. The van der Waals surface area contributed by atoms with Gasteiger partial charge in [-0.05, 0) is 37.7 Å². The first-order chi connectivity index (χ1) is 10.2. The molecule has 0 unspecified atom stereocenters. The van der Waals surface area contributed by atoms with Crippen molar-refractivity contribution in [3.8, 4) is 6.07 Å². The Bertz CT molecular complexity index is 699. The van der Waals surface area contributed by atoms with E-state index in [2.05, 4.69) is 16.9 Å². The van der Waals surface area contributed by atoms with Gasteiger partial charge in [-0.2, -0.15) is 5.26 Å². The Morgan fingerprint density at radius 2 is 2.00 bits per heavy atom. The second kappa shape index (κ2) is 6.57. The van der Waals surface area contributed by atoms with Crippen LogP contribution in [0.5, 0.6) is 0 Å². The number of nitrogens with one attached hydrogen (secondary N) is 1. The Labute approximate surface area is 124 Å². The molecule has 3 rings (SSSR count). The molecule has 1 saturated carbocycles. The standard InChI is InChI=1S/C14H16N4O.C2H6/c1-9-2-4-11(5-3-9)18-13-12(17-14(18)19)6-10(7-15)8-16-13;1-2/h6,8-9,11H,2-5H2,1H3,(H,17,19);1-2H3. The van der Waals surface area contributed by atoms with Gasteiger partial charge in [0.1, 0.15) is 6.07 Å². The fourth-order valence-electron chi connectivity index (χ4n) is 2.91.